The summed E-state index contributed by atoms with van der Waals surface area (Å²) in [5, 5.41) is 10.0. The van der Waals surface area contributed by atoms with Gasteiger partial charge in [0.1, 0.15) is 0 Å². The Kier molecular flexibility index (Phi) is 5.52. The van der Waals surface area contributed by atoms with E-state index < -0.39 is 27.2 Å². The molecule has 1 aliphatic rings. The average Bonchev–Trinajstić information content (AvgIpc) is 3.09. The van der Waals surface area contributed by atoms with Gasteiger partial charge < -0.3 is 16.8 Å². The van der Waals surface area contributed by atoms with E-state index in [9.17, 15) is 17.8 Å². The molecule has 0 spiro atoms. The molecule has 152 valence electrons. The fourth-order valence-corrected chi connectivity index (χ4v) is 4.77. The van der Waals surface area contributed by atoms with Gasteiger partial charge in [-0.15, -0.1) is 0 Å². The number of nitrogens with zero attached hydrogens (tertiary/aromatic N) is 3. The van der Waals surface area contributed by atoms with Gasteiger partial charge in [0.25, 0.3) is 10.1 Å². The maximum Gasteiger partial charge on any atom is 0.265 e. The van der Waals surface area contributed by atoms with E-state index in [1.54, 1.807) is 6.07 Å². The van der Waals surface area contributed by atoms with Crippen molar-refractivity contribution >= 4 is 38.7 Å². The van der Waals surface area contributed by atoms with E-state index in [4.69, 9.17) is 11.5 Å². The Hall–Kier alpha value is -2.73. The fraction of sp³-hybridized carbons (Fsp3) is 0.500. The van der Waals surface area contributed by atoms with Crippen LogP contribution in [0.4, 0.5) is 5.69 Å². The number of aromatic nitrogens is 3. The molecular weight excluding hydrogens is 386 g/mol. The first-order chi connectivity index (χ1) is 13.2. The van der Waals surface area contributed by atoms with E-state index in [0.29, 0.717) is 48.9 Å². The Morgan fingerprint density at radius 3 is 2.75 bits per heavy atom. The second-order valence-electron chi connectivity index (χ2n) is 7.16. The minimum absolute atomic E-state index is 0.00525. The zero-order chi connectivity index (χ0) is 20.4. The van der Waals surface area contributed by atoms with Crippen LogP contribution in [0.3, 0.4) is 0 Å². The predicted molar refractivity (Wildman–Crippen MR) is 104 cm³/mol. The lowest BCUT2D eigenvalue weighted by atomic mass is 9.71. The third-order valence-corrected chi connectivity index (χ3v) is 6.05. The number of amides is 1. The standard InChI is InChI=1S/C16H23N7O4S/c17-15(18)20-7-10-1-4-16(5-2-10,9-28(25,26)27)14(24)22-12-3-6-19-13-11(12)8-21-23-13/h3,6,8,10H,1-2,4-5,7,9H2,(H4,17,18,20)(H,25,26,27)(H2,19,21,22,23,24). The maximum absolute atomic E-state index is 13.1. The summed E-state index contributed by atoms with van der Waals surface area (Å²) in [5.41, 5.74) is 10.5. The van der Waals surface area contributed by atoms with Gasteiger partial charge in [-0.1, -0.05) is 0 Å². The van der Waals surface area contributed by atoms with Crippen LogP contribution in [-0.2, 0) is 14.9 Å². The van der Waals surface area contributed by atoms with Crippen LogP contribution < -0.4 is 16.8 Å². The van der Waals surface area contributed by atoms with Crippen LogP contribution in [0.5, 0.6) is 0 Å². The quantitative estimate of drug-likeness (QED) is 0.254. The molecule has 11 nitrogen and oxygen atoms in total. The number of H-pyrrole nitrogens is 1. The second kappa shape index (κ2) is 7.72. The number of hydrogen-bond acceptors (Lipinski definition) is 6. The summed E-state index contributed by atoms with van der Waals surface area (Å²) >= 11 is 0. The molecule has 1 saturated carbocycles. The van der Waals surface area contributed by atoms with E-state index >= 15 is 0 Å². The molecule has 0 radical (unpaired) electrons. The molecule has 7 N–H and O–H groups in total. The number of rotatable bonds is 6. The van der Waals surface area contributed by atoms with Crippen LogP contribution in [0.15, 0.2) is 23.5 Å². The molecule has 0 atom stereocenters. The van der Waals surface area contributed by atoms with Gasteiger partial charge in [-0.3, -0.25) is 19.4 Å². The number of nitrogens with one attached hydrogen (secondary N) is 2. The number of carbonyl (C=O) groups excluding carboxylic acids is 1. The summed E-state index contributed by atoms with van der Waals surface area (Å²) in [6.45, 7) is 0.423. The second-order valence-corrected chi connectivity index (χ2v) is 8.61. The Morgan fingerprint density at radius 1 is 1.39 bits per heavy atom. The molecule has 2 aromatic rings. The first-order valence-corrected chi connectivity index (χ1v) is 10.4. The van der Waals surface area contributed by atoms with Crippen molar-refractivity contribution in [2.75, 3.05) is 17.6 Å². The number of guanidine groups is 1. The molecular formula is C16H23N7O4S. The van der Waals surface area contributed by atoms with Crippen molar-refractivity contribution in [1.82, 2.24) is 15.2 Å². The van der Waals surface area contributed by atoms with Gasteiger partial charge in [0.15, 0.2) is 11.6 Å². The molecule has 0 bridgehead atoms. The Balaban J connectivity index is 1.81. The summed E-state index contributed by atoms with van der Waals surface area (Å²) < 4.78 is 32.7. The monoisotopic (exact) mass is 409 g/mol. The number of aliphatic imine (C=N–C) groups is 1. The van der Waals surface area contributed by atoms with Crippen LogP contribution in [0.2, 0.25) is 0 Å². The molecule has 0 saturated heterocycles. The van der Waals surface area contributed by atoms with Gasteiger partial charge in [0, 0.05) is 12.7 Å². The predicted octanol–water partition coefficient (Wildman–Crippen LogP) is 0.234. The first-order valence-electron chi connectivity index (χ1n) is 8.79. The van der Waals surface area contributed by atoms with E-state index in [2.05, 4.69) is 25.5 Å². The topological polar surface area (TPSA) is 189 Å². The van der Waals surface area contributed by atoms with Crippen LogP contribution in [0.25, 0.3) is 11.0 Å². The highest BCUT2D eigenvalue weighted by Gasteiger charge is 2.45. The van der Waals surface area contributed by atoms with E-state index in [1.807, 2.05) is 0 Å². The van der Waals surface area contributed by atoms with E-state index in [1.165, 1.54) is 12.4 Å². The van der Waals surface area contributed by atoms with Crippen molar-refractivity contribution in [3.63, 3.8) is 0 Å². The summed E-state index contributed by atoms with van der Waals surface area (Å²) in [6.07, 6.45) is 4.76. The van der Waals surface area contributed by atoms with Crippen molar-refractivity contribution < 1.29 is 17.8 Å². The van der Waals surface area contributed by atoms with Gasteiger partial charge >= 0.3 is 0 Å². The number of anilines is 1. The summed E-state index contributed by atoms with van der Waals surface area (Å²) in [5.74, 6) is -0.958. The maximum atomic E-state index is 13.1. The lowest BCUT2D eigenvalue weighted by Crippen LogP contribution is -2.45. The highest BCUT2D eigenvalue weighted by molar-refractivity contribution is 7.85. The van der Waals surface area contributed by atoms with Crippen LogP contribution in [0, 0.1) is 11.3 Å². The van der Waals surface area contributed by atoms with E-state index in [-0.39, 0.29) is 11.9 Å². The average molecular weight is 409 g/mol. The number of fused-ring (bicyclic) bond motifs is 1. The van der Waals surface area contributed by atoms with Gasteiger partial charge in [-0.05, 0) is 37.7 Å². The van der Waals surface area contributed by atoms with Crippen LogP contribution in [-0.4, -0.2) is 52.3 Å². The zero-order valence-corrected chi connectivity index (χ0v) is 15.9. The molecule has 0 aromatic carbocycles. The lowest BCUT2D eigenvalue weighted by molar-refractivity contribution is -0.126. The molecule has 1 amide bonds. The highest BCUT2D eigenvalue weighted by atomic mass is 32.2. The number of carbonyl (C=O) groups is 1. The van der Waals surface area contributed by atoms with Crippen molar-refractivity contribution in [2.24, 2.45) is 27.8 Å². The Labute approximate surface area is 161 Å². The molecule has 0 unspecified atom stereocenters. The minimum atomic E-state index is -4.35. The number of nitrogens with two attached hydrogens (primary N) is 2. The third-order valence-electron chi connectivity index (χ3n) is 5.14. The Bertz CT molecular complexity index is 989. The summed E-state index contributed by atoms with van der Waals surface area (Å²) in [7, 11) is -4.35. The fourth-order valence-electron chi connectivity index (χ4n) is 3.65. The van der Waals surface area contributed by atoms with Gasteiger partial charge in [-0.25, -0.2) is 4.98 Å². The Morgan fingerprint density at radius 2 is 2.11 bits per heavy atom. The summed E-state index contributed by atoms with van der Waals surface area (Å²) in [4.78, 5) is 21.2. The number of hydrogen-bond donors (Lipinski definition) is 5. The first kappa shape index (κ1) is 20.0. The molecule has 1 fully saturated rings. The van der Waals surface area contributed by atoms with Gasteiger partial charge in [0.05, 0.1) is 28.4 Å². The van der Waals surface area contributed by atoms with Gasteiger partial charge in [0.2, 0.25) is 5.91 Å². The van der Waals surface area contributed by atoms with Crippen molar-refractivity contribution in [3.8, 4) is 0 Å². The summed E-state index contributed by atoms with van der Waals surface area (Å²) in [6, 6.07) is 1.61. The zero-order valence-electron chi connectivity index (χ0n) is 15.1. The van der Waals surface area contributed by atoms with Crippen LogP contribution >= 0.6 is 0 Å². The third kappa shape index (κ3) is 4.57. The molecule has 2 heterocycles. The van der Waals surface area contributed by atoms with Crippen molar-refractivity contribution in [2.45, 2.75) is 25.7 Å². The van der Waals surface area contributed by atoms with Crippen molar-refractivity contribution in [1.29, 1.82) is 0 Å². The smallest absolute Gasteiger partial charge is 0.265 e. The normalized spacial score (nSPS) is 22.7. The molecule has 0 aliphatic heterocycles. The van der Waals surface area contributed by atoms with E-state index in [0.717, 1.165) is 0 Å². The minimum Gasteiger partial charge on any atom is -0.370 e. The molecule has 2 aromatic heterocycles. The van der Waals surface area contributed by atoms with Crippen LogP contribution in [0.1, 0.15) is 25.7 Å². The van der Waals surface area contributed by atoms with Gasteiger partial charge in [-0.2, -0.15) is 13.5 Å². The lowest BCUT2D eigenvalue weighted by Gasteiger charge is -2.37. The molecule has 28 heavy (non-hydrogen) atoms. The number of aromatic amines is 1. The molecule has 1 aliphatic carbocycles. The number of pyridine rings is 1. The highest BCUT2D eigenvalue weighted by Crippen LogP contribution is 2.41. The largest absolute Gasteiger partial charge is 0.370 e. The SMILES string of the molecule is NC(N)=NCC1CCC(CS(=O)(=O)O)(C(=O)Nc2ccnc3[nH]ncc23)CC1. The molecule has 3 rings (SSSR count). The molecule has 12 heteroatoms. The van der Waals surface area contributed by atoms with Crippen molar-refractivity contribution in [3.05, 3.63) is 18.5 Å².